The van der Waals surface area contributed by atoms with Crippen LogP contribution in [0.3, 0.4) is 0 Å². The largest absolute Gasteiger partial charge is 0.241 e. The van der Waals surface area contributed by atoms with E-state index >= 15 is 4.39 Å². The molecule has 1 aromatic heterocycles. The average molecular weight is 516 g/mol. The zero-order chi connectivity index (χ0) is 26.9. The van der Waals surface area contributed by atoms with E-state index in [2.05, 4.69) is 16.9 Å². The zero-order valence-corrected chi connectivity index (χ0v) is 21.7. The third-order valence-electron chi connectivity index (χ3n) is 6.96. The Morgan fingerprint density at radius 1 is 0.711 bits per heavy atom. The van der Waals surface area contributed by atoms with Crippen LogP contribution in [0.4, 0.5) is 13.2 Å². The molecule has 4 rings (SSSR count). The van der Waals surface area contributed by atoms with Gasteiger partial charge in [0.1, 0.15) is 34.9 Å². The Morgan fingerprint density at radius 2 is 1.42 bits per heavy atom. The monoisotopic (exact) mass is 515 g/mol. The second-order valence-corrected chi connectivity index (χ2v) is 9.81. The Kier molecular flexibility index (Phi) is 9.48. The van der Waals surface area contributed by atoms with E-state index < -0.39 is 17.2 Å². The van der Waals surface area contributed by atoms with E-state index in [1.54, 1.807) is 12.1 Å². The Balaban J connectivity index is 1.35. The van der Waals surface area contributed by atoms with Gasteiger partial charge in [0.2, 0.25) is 0 Å². The summed E-state index contributed by atoms with van der Waals surface area (Å²) < 4.78 is 43.0. The van der Waals surface area contributed by atoms with Gasteiger partial charge in [-0.1, -0.05) is 62.9 Å². The molecule has 3 nitrogen and oxygen atoms in total. The molecule has 0 amide bonds. The highest BCUT2D eigenvalue weighted by Gasteiger charge is 2.13. The molecular weight excluding hydrogens is 483 g/mol. The van der Waals surface area contributed by atoms with Gasteiger partial charge in [-0.25, -0.2) is 23.1 Å². The molecule has 4 aromatic rings. The summed E-state index contributed by atoms with van der Waals surface area (Å²) in [6.07, 6.45) is 13.1. The Labute approximate surface area is 222 Å². The van der Waals surface area contributed by atoms with Crippen LogP contribution in [0.15, 0.2) is 54.9 Å². The molecule has 196 valence electrons. The summed E-state index contributed by atoms with van der Waals surface area (Å²) in [4.78, 5) is 9.06. The number of aryl methyl sites for hydroxylation is 5. The summed E-state index contributed by atoms with van der Waals surface area (Å²) in [5.74, 6) is -1.31. The van der Waals surface area contributed by atoms with E-state index in [-0.39, 0.29) is 12.2 Å². The third kappa shape index (κ3) is 6.98. The van der Waals surface area contributed by atoms with Crippen molar-refractivity contribution in [3.05, 3.63) is 106 Å². The van der Waals surface area contributed by atoms with Crippen molar-refractivity contribution in [2.45, 2.75) is 71.1 Å². The number of hydrogen-bond acceptors (Lipinski definition) is 3. The van der Waals surface area contributed by atoms with Gasteiger partial charge in [0, 0.05) is 24.2 Å². The van der Waals surface area contributed by atoms with Crippen molar-refractivity contribution in [1.82, 2.24) is 9.97 Å². The van der Waals surface area contributed by atoms with Gasteiger partial charge in [0.05, 0.1) is 0 Å². The van der Waals surface area contributed by atoms with Gasteiger partial charge in [-0.05, 0) is 71.9 Å². The second-order valence-electron chi connectivity index (χ2n) is 9.81. The quantitative estimate of drug-likeness (QED) is 0.180. The number of rotatable bonds is 12. The van der Waals surface area contributed by atoms with Crippen molar-refractivity contribution in [2.75, 3.05) is 0 Å². The fourth-order valence-corrected chi connectivity index (χ4v) is 4.72. The van der Waals surface area contributed by atoms with E-state index in [1.807, 2.05) is 30.6 Å². The number of nitriles is 1. The normalized spacial score (nSPS) is 11.1. The van der Waals surface area contributed by atoms with Gasteiger partial charge in [-0.2, -0.15) is 5.26 Å². The summed E-state index contributed by atoms with van der Waals surface area (Å²) in [5, 5.41) is 10.1. The van der Waals surface area contributed by atoms with Crippen molar-refractivity contribution in [3.63, 3.8) is 0 Å². The van der Waals surface area contributed by atoms with Crippen molar-refractivity contribution in [2.24, 2.45) is 0 Å². The van der Waals surface area contributed by atoms with E-state index in [1.165, 1.54) is 43.7 Å². The molecule has 0 unspecified atom stereocenters. The summed E-state index contributed by atoms with van der Waals surface area (Å²) in [6, 6.07) is 13.1. The summed E-state index contributed by atoms with van der Waals surface area (Å²) >= 11 is 0. The minimum Gasteiger partial charge on any atom is -0.241 e. The molecule has 3 aromatic carbocycles. The Bertz CT molecular complexity index is 1400. The summed E-state index contributed by atoms with van der Waals surface area (Å²) in [6.45, 7) is 2.22. The average Bonchev–Trinajstić information content (AvgIpc) is 2.92. The van der Waals surface area contributed by atoms with Crippen LogP contribution in [0, 0.1) is 28.8 Å². The predicted molar refractivity (Wildman–Crippen MR) is 144 cm³/mol. The molecule has 0 radical (unpaired) electrons. The van der Waals surface area contributed by atoms with Crippen LogP contribution in [0.1, 0.15) is 72.7 Å². The fourth-order valence-electron chi connectivity index (χ4n) is 4.72. The van der Waals surface area contributed by atoms with Gasteiger partial charge in [0.25, 0.3) is 0 Å². The first kappa shape index (κ1) is 27.3. The highest BCUT2D eigenvalue weighted by molar-refractivity contribution is 5.84. The molecule has 0 aliphatic heterocycles. The molecule has 0 spiro atoms. The number of halogens is 3. The van der Waals surface area contributed by atoms with Crippen LogP contribution in [0.5, 0.6) is 0 Å². The number of unbranched alkanes of at least 4 members (excludes halogenated alkanes) is 4. The minimum atomic E-state index is -0.895. The summed E-state index contributed by atoms with van der Waals surface area (Å²) in [5.41, 5.74) is 2.53. The van der Waals surface area contributed by atoms with Gasteiger partial charge in [-0.15, -0.1) is 0 Å². The molecule has 38 heavy (non-hydrogen) atoms. The Hall–Kier alpha value is -3.72. The van der Waals surface area contributed by atoms with Gasteiger partial charge in [-0.3, -0.25) is 0 Å². The molecular formula is C32H32F3N3. The van der Waals surface area contributed by atoms with Crippen LogP contribution in [-0.2, 0) is 32.1 Å². The highest BCUT2D eigenvalue weighted by Crippen LogP contribution is 2.25. The molecule has 0 saturated heterocycles. The molecule has 0 aliphatic carbocycles. The molecule has 0 atom stereocenters. The first-order valence-electron chi connectivity index (χ1n) is 13.4. The SMILES string of the molecule is CCCCCCCc1cnc(CCc2ccc3c(F)c(CCc4cc(F)c(C#N)c(F)c4)ccc3c2)nc1. The lowest BCUT2D eigenvalue weighted by Gasteiger charge is -2.09. The molecule has 0 bridgehead atoms. The second kappa shape index (κ2) is 13.2. The van der Waals surface area contributed by atoms with Gasteiger partial charge < -0.3 is 0 Å². The number of fused-ring (bicyclic) bond motifs is 1. The molecule has 0 aliphatic rings. The van der Waals surface area contributed by atoms with Crippen molar-refractivity contribution >= 4 is 10.8 Å². The number of nitrogens with zero attached hydrogens (tertiary/aromatic N) is 3. The molecule has 0 saturated carbocycles. The molecule has 1 heterocycles. The number of hydrogen-bond donors (Lipinski definition) is 0. The van der Waals surface area contributed by atoms with Crippen molar-refractivity contribution < 1.29 is 13.2 Å². The Morgan fingerprint density at radius 3 is 2.13 bits per heavy atom. The van der Waals surface area contributed by atoms with Crippen LogP contribution >= 0.6 is 0 Å². The third-order valence-corrected chi connectivity index (χ3v) is 6.96. The van der Waals surface area contributed by atoms with Crippen LogP contribution < -0.4 is 0 Å². The molecule has 0 fully saturated rings. The maximum atomic E-state index is 15.2. The van der Waals surface area contributed by atoms with E-state index in [4.69, 9.17) is 5.26 Å². The van der Waals surface area contributed by atoms with Gasteiger partial charge in [0.15, 0.2) is 0 Å². The fraction of sp³-hybridized carbons (Fsp3) is 0.344. The number of aromatic nitrogens is 2. The van der Waals surface area contributed by atoms with Crippen LogP contribution in [0.2, 0.25) is 0 Å². The highest BCUT2D eigenvalue weighted by atomic mass is 19.1. The lowest BCUT2D eigenvalue weighted by molar-refractivity contribution is 0.572. The smallest absolute Gasteiger partial charge is 0.144 e. The van der Waals surface area contributed by atoms with Gasteiger partial charge >= 0.3 is 0 Å². The lowest BCUT2D eigenvalue weighted by atomic mass is 9.97. The molecule has 0 N–H and O–H groups in total. The first-order valence-corrected chi connectivity index (χ1v) is 13.4. The van der Waals surface area contributed by atoms with E-state index in [0.717, 1.165) is 41.7 Å². The lowest BCUT2D eigenvalue weighted by Crippen LogP contribution is -2.00. The van der Waals surface area contributed by atoms with E-state index in [0.29, 0.717) is 29.4 Å². The first-order chi connectivity index (χ1) is 18.5. The summed E-state index contributed by atoms with van der Waals surface area (Å²) in [7, 11) is 0. The van der Waals surface area contributed by atoms with Crippen LogP contribution in [0.25, 0.3) is 10.8 Å². The standard InChI is InChI=1S/C32H32F3N3/c1-2-3-4-5-6-7-24-20-37-31(38-21-24)15-10-22-9-14-27-26(16-22)13-12-25(32(27)35)11-8-23-17-29(33)28(19-36)30(34)18-23/h9,12-14,16-18,20-21H,2-8,10-11,15H2,1H3. The maximum absolute atomic E-state index is 15.2. The molecule has 6 heteroatoms. The zero-order valence-electron chi connectivity index (χ0n) is 21.7. The predicted octanol–water partition coefficient (Wildman–Crippen LogP) is 8.00. The minimum absolute atomic E-state index is 0.262. The topological polar surface area (TPSA) is 49.6 Å². The van der Waals surface area contributed by atoms with Crippen molar-refractivity contribution in [3.8, 4) is 6.07 Å². The maximum Gasteiger partial charge on any atom is 0.144 e. The van der Waals surface area contributed by atoms with Crippen molar-refractivity contribution in [1.29, 1.82) is 5.26 Å². The number of benzene rings is 3. The van der Waals surface area contributed by atoms with Crippen LogP contribution in [-0.4, -0.2) is 9.97 Å². The van der Waals surface area contributed by atoms with E-state index in [9.17, 15) is 8.78 Å².